The molecule has 4 nitrogen and oxygen atoms in total. The van der Waals surface area contributed by atoms with Crippen molar-refractivity contribution < 1.29 is 9.90 Å². The van der Waals surface area contributed by atoms with Crippen molar-refractivity contribution in [1.82, 2.24) is 9.55 Å². The fourth-order valence-corrected chi connectivity index (χ4v) is 2.05. The number of imidazole rings is 1. The summed E-state index contributed by atoms with van der Waals surface area (Å²) in [5.74, 6) is -0.0918. The summed E-state index contributed by atoms with van der Waals surface area (Å²) in [5.41, 5.74) is 1.53. The van der Waals surface area contributed by atoms with E-state index >= 15 is 0 Å². The van der Waals surface area contributed by atoms with E-state index in [1.54, 1.807) is 12.1 Å². The smallest absolute Gasteiger partial charge is 0.305 e. The van der Waals surface area contributed by atoms with Crippen LogP contribution < -0.4 is 0 Å². The van der Waals surface area contributed by atoms with E-state index in [0.29, 0.717) is 16.6 Å². The lowest BCUT2D eigenvalue weighted by molar-refractivity contribution is -0.137. The van der Waals surface area contributed by atoms with Crippen molar-refractivity contribution in [3.8, 4) is 0 Å². The molecule has 1 aromatic carbocycles. The number of hydrogen-bond donors (Lipinski definition) is 1. The molecule has 1 heterocycles. The van der Waals surface area contributed by atoms with Gasteiger partial charge in [-0.25, -0.2) is 4.98 Å². The van der Waals surface area contributed by atoms with Crippen LogP contribution in [0.4, 0.5) is 0 Å². The van der Waals surface area contributed by atoms with Crippen LogP contribution in [0.1, 0.15) is 12.2 Å². The molecule has 90 valence electrons. The van der Waals surface area contributed by atoms with E-state index < -0.39 is 5.97 Å². The molecular formula is C11H10Cl2N2O2. The summed E-state index contributed by atoms with van der Waals surface area (Å²) >= 11 is 11.8. The lowest BCUT2D eigenvalue weighted by atomic mass is 10.3. The molecule has 0 bridgehead atoms. The van der Waals surface area contributed by atoms with Crippen LogP contribution in [-0.4, -0.2) is 20.6 Å². The summed E-state index contributed by atoms with van der Waals surface area (Å²) in [7, 11) is 0. The van der Waals surface area contributed by atoms with Gasteiger partial charge >= 0.3 is 5.97 Å². The van der Waals surface area contributed by atoms with Gasteiger partial charge in [0.25, 0.3) is 0 Å². The topological polar surface area (TPSA) is 55.1 Å². The summed E-state index contributed by atoms with van der Waals surface area (Å²) in [4.78, 5) is 14.9. The SMILES string of the molecule is Cc1nc2cc(Cl)c(Cl)cc2n1CCC(=O)O. The number of aliphatic carboxylic acids is 1. The maximum atomic E-state index is 10.6. The Morgan fingerprint density at radius 1 is 1.41 bits per heavy atom. The number of halogens is 2. The van der Waals surface area contributed by atoms with Crippen molar-refractivity contribution in [2.24, 2.45) is 0 Å². The second-order valence-corrected chi connectivity index (χ2v) is 4.52. The van der Waals surface area contributed by atoms with Crippen LogP contribution in [0.3, 0.4) is 0 Å². The zero-order valence-electron chi connectivity index (χ0n) is 9.07. The Labute approximate surface area is 108 Å². The van der Waals surface area contributed by atoms with E-state index in [2.05, 4.69) is 4.98 Å². The highest BCUT2D eigenvalue weighted by molar-refractivity contribution is 6.42. The highest BCUT2D eigenvalue weighted by Crippen LogP contribution is 2.28. The van der Waals surface area contributed by atoms with Gasteiger partial charge in [-0.15, -0.1) is 0 Å². The Hall–Kier alpha value is -1.26. The standard InChI is InChI=1S/C11H10Cl2N2O2/c1-6-14-9-4-7(12)8(13)5-10(9)15(6)3-2-11(16)17/h4-5H,2-3H2,1H3,(H,16,17). The first-order valence-corrected chi connectivity index (χ1v) is 5.78. The number of fused-ring (bicyclic) bond motifs is 1. The molecule has 1 N–H and O–H groups in total. The molecule has 17 heavy (non-hydrogen) atoms. The van der Waals surface area contributed by atoms with Gasteiger partial charge in [-0.2, -0.15) is 0 Å². The predicted molar refractivity (Wildman–Crippen MR) is 66.7 cm³/mol. The number of rotatable bonds is 3. The number of aromatic nitrogens is 2. The van der Waals surface area contributed by atoms with Gasteiger partial charge in [0.15, 0.2) is 0 Å². The zero-order chi connectivity index (χ0) is 12.6. The Morgan fingerprint density at radius 2 is 2.06 bits per heavy atom. The number of carboxylic acids is 1. The van der Waals surface area contributed by atoms with Gasteiger partial charge in [0, 0.05) is 6.54 Å². The van der Waals surface area contributed by atoms with Crippen molar-refractivity contribution in [3.05, 3.63) is 28.0 Å². The first kappa shape index (κ1) is 12.2. The van der Waals surface area contributed by atoms with Gasteiger partial charge in [0.2, 0.25) is 0 Å². The van der Waals surface area contributed by atoms with Gasteiger partial charge in [0.1, 0.15) is 5.82 Å². The van der Waals surface area contributed by atoms with Crippen molar-refractivity contribution in [2.45, 2.75) is 19.9 Å². The third-order valence-electron chi connectivity index (χ3n) is 2.53. The molecule has 2 rings (SSSR count). The number of carboxylic acid groups (broad SMARTS) is 1. The summed E-state index contributed by atoms with van der Waals surface area (Å²) in [6, 6.07) is 3.39. The van der Waals surface area contributed by atoms with Crippen molar-refractivity contribution in [2.75, 3.05) is 0 Å². The number of carbonyl (C=O) groups is 1. The van der Waals surface area contributed by atoms with Crippen molar-refractivity contribution in [3.63, 3.8) is 0 Å². The van der Waals surface area contributed by atoms with Crippen LogP contribution in [0.5, 0.6) is 0 Å². The quantitative estimate of drug-likeness (QED) is 0.934. The average molecular weight is 273 g/mol. The summed E-state index contributed by atoms with van der Waals surface area (Å²) in [6.45, 7) is 2.19. The van der Waals surface area contributed by atoms with Crippen LogP contribution in [0.25, 0.3) is 11.0 Å². The van der Waals surface area contributed by atoms with Gasteiger partial charge < -0.3 is 9.67 Å². The first-order valence-electron chi connectivity index (χ1n) is 5.02. The van der Waals surface area contributed by atoms with Crippen LogP contribution >= 0.6 is 23.2 Å². The van der Waals surface area contributed by atoms with Gasteiger partial charge in [-0.1, -0.05) is 23.2 Å². The molecule has 0 saturated carbocycles. The Bertz CT molecular complexity index is 593. The van der Waals surface area contributed by atoms with E-state index in [1.807, 2.05) is 11.5 Å². The van der Waals surface area contributed by atoms with E-state index in [0.717, 1.165) is 16.9 Å². The van der Waals surface area contributed by atoms with Gasteiger partial charge in [-0.05, 0) is 19.1 Å². The zero-order valence-corrected chi connectivity index (χ0v) is 10.6. The van der Waals surface area contributed by atoms with Crippen molar-refractivity contribution in [1.29, 1.82) is 0 Å². The fourth-order valence-electron chi connectivity index (χ4n) is 1.73. The molecule has 0 aliphatic heterocycles. The lowest BCUT2D eigenvalue weighted by Crippen LogP contribution is -2.05. The normalized spacial score (nSPS) is 11.0. The summed E-state index contributed by atoms with van der Waals surface area (Å²) in [6.07, 6.45) is 0.0482. The molecule has 0 radical (unpaired) electrons. The third-order valence-corrected chi connectivity index (χ3v) is 3.25. The number of benzene rings is 1. The van der Waals surface area contributed by atoms with E-state index in [1.165, 1.54) is 0 Å². The molecule has 0 saturated heterocycles. The maximum Gasteiger partial charge on any atom is 0.305 e. The van der Waals surface area contributed by atoms with E-state index in [-0.39, 0.29) is 6.42 Å². The minimum atomic E-state index is -0.841. The van der Waals surface area contributed by atoms with Crippen LogP contribution in [-0.2, 0) is 11.3 Å². The predicted octanol–water partition coefficient (Wildman–Crippen LogP) is 3.13. The largest absolute Gasteiger partial charge is 0.481 e. The second kappa shape index (κ2) is 4.55. The first-order chi connectivity index (χ1) is 7.99. The number of aryl methyl sites for hydroxylation is 2. The molecule has 0 aliphatic carbocycles. The van der Waals surface area contributed by atoms with Crippen LogP contribution in [0, 0.1) is 6.92 Å². The molecule has 0 aliphatic rings. The monoisotopic (exact) mass is 272 g/mol. The molecule has 0 amide bonds. The minimum Gasteiger partial charge on any atom is -0.481 e. The Kier molecular flexibility index (Phi) is 3.26. The fraction of sp³-hybridized carbons (Fsp3) is 0.273. The second-order valence-electron chi connectivity index (χ2n) is 3.71. The van der Waals surface area contributed by atoms with Gasteiger partial charge in [0.05, 0.1) is 27.5 Å². The number of hydrogen-bond acceptors (Lipinski definition) is 2. The molecule has 1 aromatic heterocycles. The van der Waals surface area contributed by atoms with Crippen LogP contribution in [0.2, 0.25) is 10.0 Å². The molecular weight excluding hydrogens is 263 g/mol. The Balaban J connectivity index is 2.50. The summed E-state index contributed by atoms with van der Waals surface area (Å²) < 4.78 is 1.83. The highest BCUT2D eigenvalue weighted by atomic mass is 35.5. The molecule has 0 fully saturated rings. The Morgan fingerprint density at radius 3 is 2.71 bits per heavy atom. The van der Waals surface area contributed by atoms with Crippen molar-refractivity contribution >= 4 is 40.2 Å². The third kappa shape index (κ3) is 2.37. The highest BCUT2D eigenvalue weighted by Gasteiger charge is 2.11. The van der Waals surface area contributed by atoms with Crippen LogP contribution in [0.15, 0.2) is 12.1 Å². The summed E-state index contributed by atoms with van der Waals surface area (Å²) in [5, 5.41) is 9.58. The van der Waals surface area contributed by atoms with E-state index in [4.69, 9.17) is 28.3 Å². The van der Waals surface area contributed by atoms with E-state index in [9.17, 15) is 4.79 Å². The lowest BCUT2D eigenvalue weighted by Gasteiger charge is -2.05. The molecule has 0 spiro atoms. The average Bonchev–Trinajstić information content (AvgIpc) is 2.52. The molecule has 0 atom stereocenters. The molecule has 2 aromatic rings. The number of nitrogens with zero attached hydrogens (tertiary/aromatic N) is 2. The van der Waals surface area contributed by atoms with Gasteiger partial charge in [-0.3, -0.25) is 4.79 Å². The maximum absolute atomic E-state index is 10.6. The molecule has 6 heteroatoms. The molecule has 0 unspecified atom stereocenters. The minimum absolute atomic E-state index is 0.0482.